The molecule has 0 amide bonds. The Hall–Kier alpha value is -3.25. The molecule has 0 unspecified atom stereocenters. The van der Waals surface area contributed by atoms with Crippen LogP contribution in [0, 0.1) is 19.8 Å². The Morgan fingerprint density at radius 2 is 1.82 bits per heavy atom. The fraction of sp³-hybridized carbons (Fsp3) is 0.286. The van der Waals surface area contributed by atoms with Crippen molar-refractivity contribution in [1.82, 2.24) is 0 Å². The first-order valence-electron chi connectivity index (χ1n) is 11.8. The van der Waals surface area contributed by atoms with Crippen molar-refractivity contribution in [2.75, 3.05) is 16.6 Å². The fourth-order valence-electron chi connectivity index (χ4n) is 5.14. The van der Waals surface area contributed by atoms with Gasteiger partial charge in [0.25, 0.3) is 10.0 Å². The molecule has 1 heterocycles. The van der Waals surface area contributed by atoms with Crippen LogP contribution in [0.25, 0.3) is 0 Å². The first-order valence-corrected chi connectivity index (χ1v) is 13.2. The molecule has 34 heavy (non-hydrogen) atoms. The van der Waals surface area contributed by atoms with Crippen molar-refractivity contribution < 1.29 is 13.2 Å². The summed E-state index contributed by atoms with van der Waals surface area (Å²) in [5.41, 5.74) is 5.83. The number of hydrogen-bond donors (Lipinski definition) is 2. The molecule has 2 aliphatic rings. The van der Waals surface area contributed by atoms with Crippen molar-refractivity contribution >= 4 is 21.4 Å². The predicted molar refractivity (Wildman–Crippen MR) is 137 cm³/mol. The SMILES string of the molecule is CCOc1ccc([C@H]2Nc3ccc(S(=O)(=O)Nc4ccc(C)cc4C)cc3[C@H]3C=CC[C@H]32)cc1. The average molecular weight is 475 g/mol. The normalized spacial score (nSPS) is 20.9. The zero-order chi connectivity index (χ0) is 23.9. The van der Waals surface area contributed by atoms with Gasteiger partial charge in [-0.1, -0.05) is 42.0 Å². The molecule has 0 aromatic heterocycles. The number of rotatable bonds is 6. The zero-order valence-corrected chi connectivity index (χ0v) is 20.5. The van der Waals surface area contributed by atoms with E-state index in [1.807, 2.05) is 63.2 Å². The largest absolute Gasteiger partial charge is 0.494 e. The first kappa shape index (κ1) is 22.5. The molecule has 176 valence electrons. The minimum atomic E-state index is -3.70. The number of fused-ring (bicyclic) bond motifs is 3. The van der Waals surface area contributed by atoms with Crippen molar-refractivity contribution in [3.05, 3.63) is 95.1 Å². The maximum absolute atomic E-state index is 13.2. The summed E-state index contributed by atoms with van der Waals surface area (Å²) in [6.07, 6.45) is 5.38. The van der Waals surface area contributed by atoms with Gasteiger partial charge in [-0.15, -0.1) is 0 Å². The fourth-order valence-corrected chi connectivity index (χ4v) is 6.31. The second kappa shape index (κ2) is 8.84. The summed E-state index contributed by atoms with van der Waals surface area (Å²) >= 11 is 0. The van der Waals surface area contributed by atoms with Crippen molar-refractivity contribution in [3.63, 3.8) is 0 Å². The summed E-state index contributed by atoms with van der Waals surface area (Å²) < 4.78 is 34.8. The first-order chi connectivity index (χ1) is 16.4. The number of anilines is 2. The Morgan fingerprint density at radius 1 is 1.03 bits per heavy atom. The van der Waals surface area contributed by atoms with E-state index in [2.05, 4.69) is 34.3 Å². The van der Waals surface area contributed by atoms with Gasteiger partial charge in [-0.05, 0) is 86.2 Å². The van der Waals surface area contributed by atoms with Crippen LogP contribution in [0.5, 0.6) is 5.75 Å². The summed E-state index contributed by atoms with van der Waals surface area (Å²) in [5.74, 6) is 1.37. The van der Waals surface area contributed by atoms with E-state index in [9.17, 15) is 8.42 Å². The van der Waals surface area contributed by atoms with Crippen molar-refractivity contribution in [2.24, 2.45) is 5.92 Å². The molecule has 5 nitrogen and oxygen atoms in total. The number of ether oxygens (including phenoxy) is 1. The lowest BCUT2D eigenvalue weighted by atomic mass is 9.77. The maximum atomic E-state index is 13.2. The second-order valence-corrected chi connectivity index (χ2v) is 10.8. The van der Waals surface area contributed by atoms with Crippen LogP contribution in [0.15, 0.2) is 77.7 Å². The Labute approximate surface area is 201 Å². The summed E-state index contributed by atoms with van der Waals surface area (Å²) in [4.78, 5) is 0.284. The van der Waals surface area contributed by atoms with Crippen LogP contribution in [0.3, 0.4) is 0 Å². The van der Waals surface area contributed by atoms with Crippen LogP contribution in [0.1, 0.15) is 47.6 Å². The van der Waals surface area contributed by atoms with Gasteiger partial charge in [0, 0.05) is 11.6 Å². The highest BCUT2D eigenvalue weighted by Gasteiger charge is 2.38. The van der Waals surface area contributed by atoms with Gasteiger partial charge < -0.3 is 10.1 Å². The van der Waals surface area contributed by atoms with Gasteiger partial charge in [-0.2, -0.15) is 0 Å². The summed E-state index contributed by atoms with van der Waals surface area (Å²) in [7, 11) is -3.70. The van der Waals surface area contributed by atoms with Crippen molar-refractivity contribution in [1.29, 1.82) is 0 Å². The number of nitrogens with one attached hydrogen (secondary N) is 2. The van der Waals surface area contributed by atoms with E-state index in [4.69, 9.17) is 4.74 Å². The molecule has 0 radical (unpaired) electrons. The molecule has 0 saturated carbocycles. The third-order valence-corrected chi connectivity index (χ3v) is 8.18. The van der Waals surface area contributed by atoms with Crippen LogP contribution in [-0.4, -0.2) is 15.0 Å². The molecule has 0 bridgehead atoms. The average Bonchev–Trinajstić information content (AvgIpc) is 3.31. The number of hydrogen-bond acceptors (Lipinski definition) is 4. The summed E-state index contributed by atoms with van der Waals surface area (Å²) in [6, 6.07) is 19.5. The lowest BCUT2D eigenvalue weighted by molar-refractivity contribution is 0.340. The highest BCUT2D eigenvalue weighted by molar-refractivity contribution is 7.92. The quantitative estimate of drug-likeness (QED) is 0.410. The molecule has 0 fully saturated rings. The van der Waals surface area contributed by atoms with E-state index in [1.54, 1.807) is 6.07 Å². The molecule has 0 spiro atoms. The van der Waals surface area contributed by atoms with Crippen LogP contribution < -0.4 is 14.8 Å². The standard InChI is InChI=1S/C28H30N2O3S/c1-4-33-21-11-9-20(10-12-21)28-24-7-5-6-23(24)25-17-22(13-15-27(25)29-28)34(31,32)30-26-14-8-18(2)16-19(26)3/h5-6,8-17,23-24,28-30H,4,7H2,1-3H3/t23-,24+,28+/m0/s1. The molecule has 0 saturated heterocycles. The van der Waals surface area contributed by atoms with Gasteiger partial charge in [0.05, 0.1) is 23.2 Å². The van der Waals surface area contributed by atoms with Gasteiger partial charge in [-0.25, -0.2) is 8.42 Å². The minimum Gasteiger partial charge on any atom is -0.494 e. The monoisotopic (exact) mass is 474 g/mol. The van der Waals surface area contributed by atoms with Crippen LogP contribution in [0.4, 0.5) is 11.4 Å². The van der Waals surface area contributed by atoms with E-state index in [-0.39, 0.29) is 16.9 Å². The molecule has 3 aromatic rings. The third kappa shape index (κ3) is 4.18. The maximum Gasteiger partial charge on any atom is 0.261 e. The topological polar surface area (TPSA) is 67.4 Å². The summed E-state index contributed by atoms with van der Waals surface area (Å²) in [6.45, 7) is 6.53. The van der Waals surface area contributed by atoms with Gasteiger partial charge in [0.15, 0.2) is 0 Å². The van der Waals surface area contributed by atoms with Crippen LogP contribution >= 0.6 is 0 Å². The minimum absolute atomic E-state index is 0.152. The van der Waals surface area contributed by atoms with E-state index < -0.39 is 10.0 Å². The van der Waals surface area contributed by atoms with E-state index in [0.29, 0.717) is 18.2 Å². The number of aryl methyl sites for hydroxylation is 2. The van der Waals surface area contributed by atoms with Crippen molar-refractivity contribution in [3.8, 4) is 5.75 Å². The lowest BCUT2D eigenvalue weighted by Crippen LogP contribution is -2.29. The molecule has 6 heteroatoms. The van der Waals surface area contributed by atoms with E-state index in [1.165, 1.54) is 5.56 Å². The molecule has 1 aliphatic carbocycles. The third-order valence-electron chi connectivity index (χ3n) is 6.82. The molecular weight excluding hydrogens is 444 g/mol. The molecule has 2 N–H and O–H groups in total. The Balaban J connectivity index is 1.45. The van der Waals surface area contributed by atoms with Crippen molar-refractivity contribution in [2.45, 2.75) is 44.0 Å². The number of allylic oxidation sites excluding steroid dienone is 2. The van der Waals surface area contributed by atoms with Gasteiger partial charge in [0.2, 0.25) is 0 Å². The summed E-state index contributed by atoms with van der Waals surface area (Å²) in [5, 5.41) is 3.68. The smallest absolute Gasteiger partial charge is 0.261 e. The van der Waals surface area contributed by atoms with Gasteiger partial charge >= 0.3 is 0 Å². The van der Waals surface area contributed by atoms with E-state index in [0.717, 1.165) is 34.5 Å². The number of benzene rings is 3. The zero-order valence-electron chi connectivity index (χ0n) is 19.7. The Kier molecular flexibility index (Phi) is 5.86. The number of sulfonamides is 1. The molecular formula is C28H30N2O3S. The molecule has 1 aliphatic heterocycles. The van der Waals surface area contributed by atoms with Crippen LogP contribution in [-0.2, 0) is 10.0 Å². The predicted octanol–water partition coefficient (Wildman–Crippen LogP) is 6.33. The molecule has 3 atom stereocenters. The Bertz CT molecular complexity index is 1350. The van der Waals surface area contributed by atoms with E-state index >= 15 is 0 Å². The van der Waals surface area contributed by atoms with Gasteiger partial charge in [0.1, 0.15) is 5.75 Å². The highest BCUT2D eigenvalue weighted by Crippen LogP contribution is 2.50. The molecule has 5 rings (SSSR count). The second-order valence-electron chi connectivity index (χ2n) is 9.15. The highest BCUT2D eigenvalue weighted by atomic mass is 32.2. The van der Waals surface area contributed by atoms with Crippen LogP contribution in [0.2, 0.25) is 0 Å². The van der Waals surface area contributed by atoms with Gasteiger partial charge in [-0.3, -0.25) is 4.72 Å². The molecule has 3 aromatic carbocycles. The lowest BCUT2D eigenvalue weighted by Gasteiger charge is -2.37. The Morgan fingerprint density at radius 3 is 2.56 bits per heavy atom.